The van der Waals surface area contributed by atoms with Gasteiger partial charge in [0.2, 0.25) is 0 Å². The smallest absolute Gasteiger partial charge is 0.178 e. The summed E-state index contributed by atoms with van der Waals surface area (Å²) in [7, 11) is 0. The minimum absolute atomic E-state index is 0.495. The predicted octanol–water partition coefficient (Wildman–Crippen LogP) is 4.24. The molecule has 0 aliphatic heterocycles. The average Bonchev–Trinajstić information content (AvgIpc) is 2.75. The summed E-state index contributed by atoms with van der Waals surface area (Å²) in [5.41, 5.74) is 3.27. The summed E-state index contributed by atoms with van der Waals surface area (Å²) >= 11 is 12.2. The predicted molar refractivity (Wildman–Crippen MR) is 74.1 cm³/mol. The summed E-state index contributed by atoms with van der Waals surface area (Å²) in [4.78, 5) is 12.0. The van der Waals surface area contributed by atoms with Crippen LogP contribution in [0.25, 0.3) is 22.6 Å². The van der Waals surface area contributed by atoms with Crippen molar-refractivity contribution >= 4 is 34.4 Å². The number of benzene rings is 1. The molecular weight excluding hydrogens is 269 g/mol. The van der Waals surface area contributed by atoms with Crippen LogP contribution in [0.1, 0.15) is 5.69 Å². The van der Waals surface area contributed by atoms with Crippen molar-refractivity contribution in [1.82, 2.24) is 15.0 Å². The average molecular weight is 278 g/mol. The summed E-state index contributed by atoms with van der Waals surface area (Å²) in [6.45, 7) is 1.93. The number of fused-ring (bicyclic) bond motifs is 1. The van der Waals surface area contributed by atoms with Crippen LogP contribution in [0, 0.1) is 6.92 Å². The highest BCUT2D eigenvalue weighted by Gasteiger charge is 2.11. The second-order valence-corrected chi connectivity index (χ2v) is 4.80. The minimum Gasteiger partial charge on any atom is -0.337 e. The first-order valence-electron chi connectivity index (χ1n) is 5.43. The van der Waals surface area contributed by atoms with Crippen molar-refractivity contribution in [3.05, 3.63) is 46.1 Å². The molecule has 0 atom stereocenters. The van der Waals surface area contributed by atoms with Gasteiger partial charge in [-0.05, 0) is 31.2 Å². The van der Waals surface area contributed by atoms with E-state index in [0.717, 1.165) is 16.8 Å². The number of aromatic nitrogens is 3. The number of imidazole rings is 1. The second-order valence-electron chi connectivity index (χ2n) is 4.01. The molecule has 0 unspecified atom stereocenters. The number of hydrogen-bond donors (Lipinski definition) is 1. The molecule has 0 fully saturated rings. The van der Waals surface area contributed by atoms with Crippen molar-refractivity contribution in [2.24, 2.45) is 0 Å². The van der Waals surface area contributed by atoms with E-state index in [0.29, 0.717) is 21.5 Å². The lowest BCUT2D eigenvalue weighted by molar-refractivity contribution is 1.22. The number of nitrogens with one attached hydrogen (secondary N) is 1. The molecule has 18 heavy (non-hydrogen) atoms. The Balaban J connectivity index is 2.22. The standard InChI is InChI=1S/C13H9Cl2N3/c1-7-5-6-10-13(16-7)18-12(17-10)8-3-2-4-9(14)11(8)15/h2-6H,1H3,(H,16,17,18). The van der Waals surface area contributed by atoms with Gasteiger partial charge in [-0.1, -0.05) is 29.3 Å². The molecule has 90 valence electrons. The van der Waals surface area contributed by atoms with E-state index in [1.54, 1.807) is 6.07 Å². The van der Waals surface area contributed by atoms with E-state index < -0.39 is 0 Å². The lowest BCUT2D eigenvalue weighted by Gasteiger charge is -2.01. The molecule has 3 rings (SSSR count). The lowest BCUT2D eigenvalue weighted by Crippen LogP contribution is -1.83. The van der Waals surface area contributed by atoms with Crippen molar-refractivity contribution < 1.29 is 0 Å². The van der Waals surface area contributed by atoms with Crippen LogP contribution in [-0.4, -0.2) is 15.0 Å². The van der Waals surface area contributed by atoms with Crippen LogP contribution < -0.4 is 0 Å². The van der Waals surface area contributed by atoms with E-state index in [9.17, 15) is 0 Å². The second kappa shape index (κ2) is 4.26. The van der Waals surface area contributed by atoms with Gasteiger partial charge in [-0.25, -0.2) is 9.97 Å². The first kappa shape index (κ1) is 11.5. The number of aromatic amines is 1. The van der Waals surface area contributed by atoms with Gasteiger partial charge in [-0.15, -0.1) is 0 Å². The van der Waals surface area contributed by atoms with Gasteiger partial charge in [0.25, 0.3) is 0 Å². The molecule has 0 spiro atoms. The molecule has 0 radical (unpaired) electrons. The fraction of sp³-hybridized carbons (Fsp3) is 0.0769. The third kappa shape index (κ3) is 1.85. The first-order valence-corrected chi connectivity index (χ1v) is 6.18. The Morgan fingerprint density at radius 2 is 1.89 bits per heavy atom. The van der Waals surface area contributed by atoms with Crippen LogP contribution in [0.3, 0.4) is 0 Å². The molecule has 0 saturated carbocycles. The van der Waals surface area contributed by atoms with Crippen LogP contribution in [0.5, 0.6) is 0 Å². The Kier molecular flexibility index (Phi) is 2.73. The topological polar surface area (TPSA) is 41.6 Å². The van der Waals surface area contributed by atoms with Crippen molar-refractivity contribution in [2.75, 3.05) is 0 Å². The van der Waals surface area contributed by atoms with Gasteiger partial charge in [-0.3, -0.25) is 0 Å². The lowest BCUT2D eigenvalue weighted by atomic mass is 10.2. The monoisotopic (exact) mass is 277 g/mol. The maximum atomic E-state index is 6.17. The van der Waals surface area contributed by atoms with E-state index in [1.165, 1.54) is 0 Å². The molecule has 1 aromatic carbocycles. The Morgan fingerprint density at radius 3 is 2.72 bits per heavy atom. The summed E-state index contributed by atoms with van der Waals surface area (Å²) < 4.78 is 0. The quantitative estimate of drug-likeness (QED) is 0.723. The maximum absolute atomic E-state index is 6.17. The number of halogens is 2. The molecule has 2 heterocycles. The van der Waals surface area contributed by atoms with Crippen LogP contribution in [-0.2, 0) is 0 Å². The van der Waals surface area contributed by atoms with Crippen molar-refractivity contribution in [3.8, 4) is 11.4 Å². The van der Waals surface area contributed by atoms with Gasteiger partial charge in [0.15, 0.2) is 5.65 Å². The van der Waals surface area contributed by atoms with Gasteiger partial charge >= 0.3 is 0 Å². The molecule has 2 aromatic heterocycles. The maximum Gasteiger partial charge on any atom is 0.178 e. The summed E-state index contributed by atoms with van der Waals surface area (Å²) in [5.74, 6) is 0.676. The zero-order chi connectivity index (χ0) is 12.7. The number of H-pyrrole nitrogens is 1. The van der Waals surface area contributed by atoms with Gasteiger partial charge in [0.1, 0.15) is 5.82 Å². The summed E-state index contributed by atoms with van der Waals surface area (Å²) in [5, 5.41) is 1.01. The van der Waals surface area contributed by atoms with Crippen molar-refractivity contribution in [3.63, 3.8) is 0 Å². The Morgan fingerprint density at radius 1 is 1.06 bits per heavy atom. The molecule has 0 aliphatic carbocycles. The molecule has 3 nitrogen and oxygen atoms in total. The molecular formula is C13H9Cl2N3. The number of pyridine rings is 1. The summed E-state index contributed by atoms with van der Waals surface area (Å²) in [6, 6.07) is 9.35. The fourth-order valence-corrected chi connectivity index (χ4v) is 2.19. The van der Waals surface area contributed by atoms with Crippen LogP contribution >= 0.6 is 23.2 Å². The van der Waals surface area contributed by atoms with Gasteiger partial charge in [0, 0.05) is 11.3 Å². The van der Waals surface area contributed by atoms with E-state index >= 15 is 0 Å². The van der Waals surface area contributed by atoms with E-state index in [1.807, 2.05) is 31.2 Å². The Labute approximate surface area is 114 Å². The SMILES string of the molecule is Cc1ccc2[nH]c(-c3cccc(Cl)c3Cl)nc2n1. The third-order valence-electron chi connectivity index (χ3n) is 2.69. The van der Waals surface area contributed by atoms with Crippen LogP contribution in [0.15, 0.2) is 30.3 Å². The first-order chi connectivity index (χ1) is 8.65. The van der Waals surface area contributed by atoms with E-state index in [-0.39, 0.29) is 0 Å². The van der Waals surface area contributed by atoms with E-state index in [4.69, 9.17) is 23.2 Å². The molecule has 0 amide bonds. The van der Waals surface area contributed by atoms with E-state index in [2.05, 4.69) is 15.0 Å². The highest BCUT2D eigenvalue weighted by molar-refractivity contribution is 6.43. The zero-order valence-corrected chi connectivity index (χ0v) is 11.0. The fourth-order valence-electron chi connectivity index (χ4n) is 1.80. The Hall–Kier alpha value is -1.58. The molecule has 0 saturated heterocycles. The van der Waals surface area contributed by atoms with Gasteiger partial charge in [-0.2, -0.15) is 0 Å². The summed E-state index contributed by atoms with van der Waals surface area (Å²) in [6.07, 6.45) is 0. The van der Waals surface area contributed by atoms with Crippen LogP contribution in [0.4, 0.5) is 0 Å². The number of nitrogens with zero attached hydrogens (tertiary/aromatic N) is 2. The molecule has 0 aliphatic rings. The third-order valence-corrected chi connectivity index (χ3v) is 3.51. The van der Waals surface area contributed by atoms with Gasteiger partial charge < -0.3 is 4.98 Å². The molecule has 5 heteroatoms. The van der Waals surface area contributed by atoms with Crippen molar-refractivity contribution in [2.45, 2.75) is 6.92 Å². The number of hydrogen-bond acceptors (Lipinski definition) is 2. The molecule has 1 N–H and O–H groups in total. The largest absolute Gasteiger partial charge is 0.337 e. The van der Waals surface area contributed by atoms with Gasteiger partial charge in [0.05, 0.1) is 15.6 Å². The minimum atomic E-state index is 0.495. The Bertz CT molecular complexity index is 734. The normalized spacial score (nSPS) is 11.1. The number of rotatable bonds is 1. The molecule has 0 bridgehead atoms. The highest BCUT2D eigenvalue weighted by Crippen LogP contribution is 2.32. The number of aryl methyl sites for hydroxylation is 1. The molecule has 3 aromatic rings. The van der Waals surface area contributed by atoms with Crippen molar-refractivity contribution in [1.29, 1.82) is 0 Å². The highest BCUT2D eigenvalue weighted by atomic mass is 35.5. The van der Waals surface area contributed by atoms with Crippen LogP contribution in [0.2, 0.25) is 10.0 Å². The zero-order valence-electron chi connectivity index (χ0n) is 9.54.